The van der Waals surface area contributed by atoms with E-state index in [0.717, 1.165) is 0 Å². The summed E-state index contributed by atoms with van der Waals surface area (Å²) in [6, 6.07) is 3.30. The number of nitrogens with one attached hydrogen (secondary N) is 1. The number of nitrogens with zero attached hydrogens (tertiary/aromatic N) is 3. The largest absolute Gasteiger partial charge is 0.449 e. The molecule has 2 aromatic rings. The van der Waals surface area contributed by atoms with Gasteiger partial charge in [-0.1, -0.05) is 29.3 Å². The van der Waals surface area contributed by atoms with Crippen molar-refractivity contribution in [2.45, 2.75) is 25.7 Å². The van der Waals surface area contributed by atoms with E-state index in [-0.39, 0.29) is 22.5 Å². The van der Waals surface area contributed by atoms with E-state index in [2.05, 4.69) is 9.97 Å². The molecule has 0 aromatic carbocycles. The molecule has 0 saturated carbocycles. The number of hydrogen-bond acceptors (Lipinski definition) is 4. The van der Waals surface area contributed by atoms with Crippen molar-refractivity contribution in [2.24, 2.45) is 0 Å². The monoisotopic (exact) mass is 378 g/mol. The minimum atomic E-state index is -4.69. The summed E-state index contributed by atoms with van der Waals surface area (Å²) in [6.07, 6.45) is -4.38. The molecule has 0 atom stereocenters. The first-order chi connectivity index (χ1) is 11.2. The standard InChI is InChI=1S/C14H11Cl2F3N4O/c15-10-2-1-7(11(16)21-10)5-23-4-3-8-9(6-23)20-13(14(17,18)19)22-12(8)24/h1-2H,3-6H2,(H,20,22,24). The van der Waals surface area contributed by atoms with Crippen LogP contribution < -0.4 is 5.56 Å². The van der Waals surface area contributed by atoms with Gasteiger partial charge in [0.25, 0.3) is 5.56 Å². The van der Waals surface area contributed by atoms with Crippen LogP contribution in [0.15, 0.2) is 16.9 Å². The lowest BCUT2D eigenvalue weighted by Crippen LogP contribution is -2.36. The molecule has 24 heavy (non-hydrogen) atoms. The van der Waals surface area contributed by atoms with E-state index in [0.29, 0.717) is 30.6 Å². The van der Waals surface area contributed by atoms with Crippen LogP contribution in [0.5, 0.6) is 0 Å². The second kappa shape index (κ2) is 6.34. The Morgan fingerprint density at radius 1 is 1.25 bits per heavy atom. The predicted molar refractivity (Wildman–Crippen MR) is 81.9 cm³/mol. The molecule has 3 heterocycles. The van der Waals surface area contributed by atoms with Crippen molar-refractivity contribution in [3.63, 3.8) is 0 Å². The van der Waals surface area contributed by atoms with Crippen LogP contribution in [0, 0.1) is 0 Å². The average Bonchev–Trinajstić information content (AvgIpc) is 2.49. The molecule has 0 radical (unpaired) electrons. The van der Waals surface area contributed by atoms with E-state index in [1.54, 1.807) is 17.1 Å². The fourth-order valence-corrected chi connectivity index (χ4v) is 2.97. The molecule has 0 bridgehead atoms. The van der Waals surface area contributed by atoms with Gasteiger partial charge in [0, 0.05) is 30.8 Å². The third-order valence-electron chi connectivity index (χ3n) is 3.71. The van der Waals surface area contributed by atoms with E-state index in [4.69, 9.17) is 23.2 Å². The van der Waals surface area contributed by atoms with Crippen LogP contribution >= 0.6 is 23.2 Å². The third-order valence-corrected chi connectivity index (χ3v) is 4.24. The van der Waals surface area contributed by atoms with Crippen LogP contribution in [0.4, 0.5) is 13.2 Å². The molecule has 0 saturated heterocycles. The molecule has 0 unspecified atom stereocenters. The third kappa shape index (κ3) is 3.55. The van der Waals surface area contributed by atoms with Gasteiger partial charge in [-0.05, 0) is 12.5 Å². The molecule has 0 spiro atoms. The Morgan fingerprint density at radius 3 is 2.67 bits per heavy atom. The number of aromatic amines is 1. The zero-order chi connectivity index (χ0) is 17.5. The molecule has 3 rings (SSSR count). The highest BCUT2D eigenvalue weighted by molar-refractivity contribution is 6.32. The first-order valence-corrected chi connectivity index (χ1v) is 7.72. The summed E-state index contributed by atoms with van der Waals surface area (Å²) in [5.74, 6) is -1.28. The molecule has 0 aliphatic carbocycles. The summed E-state index contributed by atoms with van der Waals surface area (Å²) in [4.78, 5) is 23.0. The van der Waals surface area contributed by atoms with Crippen LogP contribution in [-0.2, 0) is 25.7 Å². The highest BCUT2D eigenvalue weighted by atomic mass is 35.5. The molecule has 10 heteroatoms. The predicted octanol–water partition coefficient (Wildman–Crippen LogP) is 3.05. The van der Waals surface area contributed by atoms with Crippen LogP contribution in [0.25, 0.3) is 0 Å². The Labute approximate surface area is 144 Å². The quantitative estimate of drug-likeness (QED) is 0.815. The number of halogens is 5. The fraction of sp³-hybridized carbons (Fsp3) is 0.357. The number of rotatable bonds is 2. The van der Waals surface area contributed by atoms with Crippen LogP contribution in [0.2, 0.25) is 10.3 Å². The van der Waals surface area contributed by atoms with Gasteiger partial charge in [-0.25, -0.2) is 9.97 Å². The molecule has 2 aromatic heterocycles. The van der Waals surface area contributed by atoms with Crippen molar-refractivity contribution in [1.29, 1.82) is 0 Å². The maximum Gasteiger partial charge on any atom is 0.449 e. The Morgan fingerprint density at radius 2 is 2.00 bits per heavy atom. The van der Waals surface area contributed by atoms with Crippen molar-refractivity contribution in [3.8, 4) is 0 Å². The molecule has 1 aliphatic heterocycles. The number of pyridine rings is 1. The first-order valence-electron chi connectivity index (χ1n) is 6.96. The fourth-order valence-electron chi connectivity index (χ4n) is 2.56. The zero-order valence-corrected chi connectivity index (χ0v) is 13.6. The maximum absolute atomic E-state index is 12.8. The normalized spacial score (nSPS) is 15.4. The van der Waals surface area contributed by atoms with Gasteiger partial charge in [-0.2, -0.15) is 13.2 Å². The second-order valence-corrected chi connectivity index (χ2v) is 6.13. The summed E-state index contributed by atoms with van der Waals surface area (Å²) < 4.78 is 38.4. The van der Waals surface area contributed by atoms with Crippen molar-refractivity contribution in [3.05, 3.63) is 55.4 Å². The highest BCUT2D eigenvalue weighted by Gasteiger charge is 2.36. The van der Waals surface area contributed by atoms with Crippen LogP contribution in [0.3, 0.4) is 0 Å². The van der Waals surface area contributed by atoms with E-state index < -0.39 is 17.6 Å². The Bertz CT molecular complexity index is 838. The van der Waals surface area contributed by atoms with Gasteiger partial charge in [0.15, 0.2) is 0 Å². The number of alkyl halides is 3. The topological polar surface area (TPSA) is 61.9 Å². The summed E-state index contributed by atoms with van der Waals surface area (Å²) in [7, 11) is 0. The van der Waals surface area contributed by atoms with Crippen molar-refractivity contribution < 1.29 is 13.2 Å². The lowest BCUT2D eigenvalue weighted by atomic mass is 10.1. The smallest absolute Gasteiger partial charge is 0.303 e. The lowest BCUT2D eigenvalue weighted by Gasteiger charge is -2.28. The van der Waals surface area contributed by atoms with Gasteiger partial charge in [-0.15, -0.1) is 0 Å². The van der Waals surface area contributed by atoms with E-state index in [9.17, 15) is 18.0 Å². The number of H-pyrrole nitrogens is 1. The highest BCUT2D eigenvalue weighted by Crippen LogP contribution is 2.27. The van der Waals surface area contributed by atoms with E-state index in [1.165, 1.54) is 0 Å². The first kappa shape index (κ1) is 17.2. The van der Waals surface area contributed by atoms with Gasteiger partial charge in [0.1, 0.15) is 10.3 Å². The minimum absolute atomic E-state index is 0.126. The van der Waals surface area contributed by atoms with E-state index in [1.807, 2.05) is 4.90 Å². The molecule has 0 amide bonds. The van der Waals surface area contributed by atoms with E-state index >= 15 is 0 Å². The van der Waals surface area contributed by atoms with Gasteiger partial charge in [-0.3, -0.25) is 9.69 Å². The molecule has 128 valence electrons. The molecule has 1 aliphatic rings. The van der Waals surface area contributed by atoms with Crippen LogP contribution in [-0.4, -0.2) is 26.4 Å². The lowest BCUT2D eigenvalue weighted by molar-refractivity contribution is -0.145. The number of hydrogen-bond donors (Lipinski definition) is 1. The molecular formula is C14H11Cl2F3N4O. The maximum atomic E-state index is 12.8. The molecule has 1 N–H and O–H groups in total. The molecule has 5 nitrogen and oxygen atoms in total. The summed E-state index contributed by atoms with van der Waals surface area (Å²) >= 11 is 11.8. The summed E-state index contributed by atoms with van der Waals surface area (Å²) in [5, 5.41) is 0.499. The average molecular weight is 379 g/mol. The van der Waals surface area contributed by atoms with Crippen molar-refractivity contribution in [2.75, 3.05) is 6.54 Å². The number of aromatic nitrogens is 3. The summed E-state index contributed by atoms with van der Waals surface area (Å²) in [6.45, 7) is 1.00. The Kier molecular flexibility index (Phi) is 4.54. The van der Waals surface area contributed by atoms with Crippen molar-refractivity contribution in [1.82, 2.24) is 19.9 Å². The SMILES string of the molecule is O=c1[nH]c(C(F)(F)F)nc2c1CCN(Cc1ccc(Cl)nc1Cl)C2. The van der Waals surface area contributed by atoms with Gasteiger partial charge >= 0.3 is 6.18 Å². The minimum Gasteiger partial charge on any atom is -0.303 e. The number of fused-ring (bicyclic) bond motifs is 1. The molecular weight excluding hydrogens is 368 g/mol. The van der Waals surface area contributed by atoms with Crippen LogP contribution in [0.1, 0.15) is 22.6 Å². The van der Waals surface area contributed by atoms with Gasteiger partial charge in [0.05, 0.1) is 5.69 Å². The Hall–Kier alpha value is -1.64. The second-order valence-electron chi connectivity index (χ2n) is 5.38. The van der Waals surface area contributed by atoms with Gasteiger partial charge in [0.2, 0.25) is 5.82 Å². The Balaban J connectivity index is 1.86. The van der Waals surface area contributed by atoms with Crippen molar-refractivity contribution >= 4 is 23.2 Å². The summed E-state index contributed by atoms with van der Waals surface area (Å²) in [5.41, 5.74) is 0.388. The molecule has 0 fully saturated rings. The zero-order valence-electron chi connectivity index (χ0n) is 12.1. The van der Waals surface area contributed by atoms with Gasteiger partial charge < -0.3 is 4.98 Å².